The number of nitrogens with two attached hydrogens (primary N) is 1. The van der Waals surface area contributed by atoms with E-state index in [1.54, 1.807) is 0 Å². The van der Waals surface area contributed by atoms with Crippen molar-refractivity contribution in [2.75, 3.05) is 13.2 Å². The fourth-order valence-electron chi connectivity index (χ4n) is 2.72. The Balaban J connectivity index is 0.00000484. The molecular formula is C19H34ClNO2. The molecule has 1 rings (SSSR count). The topological polar surface area (TPSA) is 66.5 Å². The molecule has 134 valence electrons. The van der Waals surface area contributed by atoms with Crippen molar-refractivity contribution in [2.24, 2.45) is 5.73 Å². The minimum Gasteiger partial charge on any atom is -0.394 e. The third kappa shape index (κ3) is 10.7. The van der Waals surface area contributed by atoms with E-state index in [2.05, 4.69) is 30.3 Å². The zero-order valence-electron chi connectivity index (χ0n) is 14.3. The zero-order valence-corrected chi connectivity index (χ0v) is 15.1. The van der Waals surface area contributed by atoms with E-state index in [0.29, 0.717) is 6.42 Å². The predicted molar refractivity (Wildman–Crippen MR) is 100 cm³/mol. The second-order valence-corrected chi connectivity index (χ2v) is 6.49. The smallest absolute Gasteiger partial charge is 0.0633 e. The Morgan fingerprint density at radius 1 is 0.739 bits per heavy atom. The van der Waals surface area contributed by atoms with Crippen molar-refractivity contribution in [3.05, 3.63) is 35.9 Å². The molecule has 4 N–H and O–H groups in total. The first-order chi connectivity index (χ1) is 10.7. The lowest BCUT2D eigenvalue weighted by molar-refractivity contribution is 0.112. The molecule has 0 spiro atoms. The molecule has 0 atom stereocenters. The first-order valence-corrected chi connectivity index (χ1v) is 8.75. The van der Waals surface area contributed by atoms with Gasteiger partial charge in [0.15, 0.2) is 0 Å². The minimum absolute atomic E-state index is 0. The summed E-state index contributed by atoms with van der Waals surface area (Å²) in [5.41, 5.74) is 6.50. The highest BCUT2D eigenvalue weighted by Gasteiger charge is 2.21. The lowest BCUT2D eigenvalue weighted by Crippen LogP contribution is -2.47. The summed E-state index contributed by atoms with van der Waals surface area (Å²) >= 11 is 0. The van der Waals surface area contributed by atoms with Crippen LogP contribution in [0.15, 0.2) is 30.3 Å². The van der Waals surface area contributed by atoms with Gasteiger partial charge in [0, 0.05) is 0 Å². The predicted octanol–water partition coefficient (Wildman–Crippen LogP) is 3.84. The number of aliphatic hydroxyl groups excluding tert-OH is 2. The number of rotatable bonds is 13. The number of halogens is 1. The van der Waals surface area contributed by atoms with Gasteiger partial charge in [-0.3, -0.25) is 0 Å². The van der Waals surface area contributed by atoms with Gasteiger partial charge in [-0.05, 0) is 24.8 Å². The summed E-state index contributed by atoms with van der Waals surface area (Å²) in [6.07, 6.45) is 11.8. The minimum atomic E-state index is -0.780. The summed E-state index contributed by atoms with van der Waals surface area (Å²) < 4.78 is 0. The molecule has 0 aliphatic heterocycles. The van der Waals surface area contributed by atoms with Gasteiger partial charge in [0.05, 0.1) is 18.8 Å². The van der Waals surface area contributed by atoms with E-state index in [4.69, 9.17) is 15.9 Å². The van der Waals surface area contributed by atoms with Crippen molar-refractivity contribution in [1.82, 2.24) is 0 Å². The molecule has 0 saturated carbocycles. The van der Waals surface area contributed by atoms with E-state index in [1.165, 1.54) is 50.5 Å². The summed E-state index contributed by atoms with van der Waals surface area (Å²) in [7, 11) is 0. The number of aryl methyl sites for hydroxylation is 1. The van der Waals surface area contributed by atoms with Crippen molar-refractivity contribution >= 4 is 12.4 Å². The van der Waals surface area contributed by atoms with Gasteiger partial charge in [-0.25, -0.2) is 0 Å². The maximum absolute atomic E-state index is 9.11. The van der Waals surface area contributed by atoms with E-state index in [1.807, 2.05) is 0 Å². The van der Waals surface area contributed by atoms with Gasteiger partial charge in [0.25, 0.3) is 0 Å². The van der Waals surface area contributed by atoms with Gasteiger partial charge in [-0.2, -0.15) is 0 Å². The van der Waals surface area contributed by atoms with E-state index in [-0.39, 0.29) is 25.6 Å². The fraction of sp³-hybridized carbons (Fsp3) is 0.684. The average Bonchev–Trinajstić information content (AvgIpc) is 2.57. The monoisotopic (exact) mass is 343 g/mol. The molecule has 0 radical (unpaired) electrons. The molecule has 0 aromatic heterocycles. The second kappa shape index (κ2) is 13.8. The highest BCUT2D eigenvalue weighted by molar-refractivity contribution is 5.85. The van der Waals surface area contributed by atoms with Gasteiger partial charge in [0.2, 0.25) is 0 Å². The summed E-state index contributed by atoms with van der Waals surface area (Å²) in [5.74, 6) is 0. The van der Waals surface area contributed by atoms with Crippen LogP contribution in [0.2, 0.25) is 0 Å². The third-order valence-corrected chi connectivity index (χ3v) is 4.36. The molecule has 4 heteroatoms. The van der Waals surface area contributed by atoms with Crippen LogP contribution in [0.4, 0.5) is 0 Å². The standard InChI is InChI=1S/C19H33NO2.ClH/c20-19(16-21,17-22)15-11-6-4-2-1-3-5-8-12-18-13-9-7-10-14-18;/h7,9-10,13-14,21-22H,1-6,8,11-12,15-17,20H2;1H. The number of benzene rings is 1. The van der Waals surface area contributed by atoms with Crippen molar-refractivity contribution < 1.29 is 10.2 Å². The molecule has 0 aliphatic rings. The Kier molecular flexibility index (Phi) is 13.4. The highest BCUT2D eigenvalue weighted by atomic mass is 35.5. The molecule has 0 fully saturated rings. The molecule has 0 bridgehead atoms. The molecule has 23 heavy (non-hydrogen) atoms. The third-order valence-electron chi connectivity index (χ3n) is 4.36. The fourth-order valence-corrected chi connectivity index (χ4v) is 2.72. The van der Waals surface area contributed by atoms with Crippen LogP contribution in [-0.2, 0) is 6.42 Å². The molecule has 0 amide bonds. The maximum Gasteiger partial charge on any atom is 0.0633 e. The molecule has 0 unspecified atom stereocenters. The highest BCUT2D eigenvalue weighted by Crippen LogP contribution is 2.15. The van der Waals surface area contributed by atoms with Gasteiger partial charge in [0.1, 0.15) is 0 Å². The van der Waals surface area contributed by atoms with Crippen molar-refractivity contribution in [3.63, 3.8) is 0 Å². The van der Waals surface area contributed by atoms with Crippen LogP contribution < -0.4 is 5.73 Å². The van der Waals surface area contributed by atoms with Crippen molar-refractivity contribution in [2.45, 2.75) is 69.7 Å². The first kappa shape index (κ1) is 22.4. The molecular weight excluding hydrogens is 310 g/mol. The van der Waals surface area contributed by atoms with Crippen LogP contribution in [0.25, 0.3) is 0 Å². The average molecular weight is 344 g/mol. The molecule has 1 aromatic rings. The quantitative estimate of drug-likeness (QED) is 0.477. The van der Waals surface area contributed by atoms with Crippen LogP contribution in [0, 0.1) is 0 Å². The van der Waals surface area contributed by atoms with Crippen LogP contribution in [0.1, 0.15) is 63.4 Å². The van der Waals surface area contributed by atoms with E-state index < -0.39 is 5.54 Å². The maximum atomic E-state index is 9.11. The van der Waals surface area contributed by atoms with Crippen LogP contribution in [0.5, 0.6) is 0 Å². The van der Waals surface area contributed by atoms with Gasteiger partial charge >= 0.3 is 0 Å². The van der Waals surface area contributed by atoms with Crippen LogP contribution in [-0.4, -0.2) is 29.0 Å². The number of hydrogen-bond acceptors (Lipinski definition) is 3. The summed E-state index contributed by atoms with van der Waals surface area (Å²) in [5, 5.41) is 18.2. The molecule has 3 nitrogen and oxygen atoms in total. The molecule has 1 aromatic carbocycles. The number of unbranched alkanes of at least 4 members (excludes halogenated alkanes) is 7. The summed E-state index contributed by atoms with van der Waals surface area (Å²) in [4.78, 5) is 0. The molecule has 0 saturated heterocycles. The van der Waals surface area contributed by atoms with Crippen molar-refractivity contribution in [3.8, 4) is 0 Å². The Labute approximate surface area is 147 Å². The lowest BCUT2D eigenvalue weighted by Gasteiger charge is -2.24. The normalized spacial score (nSPS) is 11.3. The number of aliphatic hydroxyl groups is 2. The number of hydrogen-bond donors (Lipinski definition) is 3. The Morgan fingerprint density at radius 3 is 1.74 bits per heavy atom. The Bertz CT molecular complexity index is 369. The van der Waals surface area contributed by atoms with Gasteiger partial charge < -0.3 is 15.9 Å². The van der Waals surface area contributed by atoms with Crippen LogP contribution in [0.3, 0.4) is 0 Å². The first-order valence-electron chi connectivity index (χ1n) is 8.75. The van der Waals surface area contributed by atoms with Gasteiger partial charge in [-0.1, -0.05) is 75.3 Å². The Hall–Kier alpha value is -0.610. The van der Waals surface area contributed by atoms with E-state index in [0.717, 1.165) is 12.8 Å². The van der Waals surface area contributed by atoms with E-state index >= 15 is 0 Å². The van der Waals surface area contributed by atoms with E-state index in [9.17, 15) is 0 Å². The zero-order chi connectivity index (χ0) is 16.1. The Morgan fingerprint density at radius 2 is 1.22 bits per heavy atom. The largest absolute Gasteiger partial charge is 0.394 e. The van der Waals surface area contributed by atoms with Crippen LogP contribution >= 0.6 is 12.4 Å². The van der Waals surface area contributed by atoms with Gasteiger partial charge in [-0.15, -0.1) is 12.4 Å². The summed E-state index contributed by atoms with van der Waals surface area (Å²) in [6, 6.07) is 10.7. The van der Waals surface area contributed by atoms with Crippen molar-refractivity contribution in [1.29, 1.82) is 0 Å². The second-order valence-electron chi connectivity index (χ2n) is 6.49. The molecule has 0 heterocycles. The summed E-state index contributed by atoms with van der Waals surface area (Å²) in [6.45, 7) is -0.268. The lowest BCUT2D eigenvalue weighted by atomic mass is 9.94. The SMILES string of the molecule is Cl.NC(CO)(CO)CCCCCCCCCCc1ccccc1. The molecule has 0 aliphatic carbocycles.